The molecule has 0 saturated carbocycles. The maximum atomic E-state index is 13.4. The van der Waals surface area contributed by atoms with Gasteiger partial charge in [0.05, 0.1) is 10.9 Å². The molecule has 0 atom stereocenters. The van der Waals surface area contributed by atoms with Crippen LogP contribution in [0.3, 0.4) is 0 Å². The quantitative estimate of drug-likeness (QED) is 0.363. The number of rotatable bonds is 9. The summed E-state index contributed by atoms with van der Waals surface area (Å²) >= 11 is 0. The van der Waals surface area contributed by atoms with Gasteiger partial charge in [0.15, 0.2) is 0 Å². The van der Waals surface area contributed by atoms with E-state index in [1.807, 2.05) is 52.0 Å². The average Bonchev–Trinajstić information content (AvgIpc) is 3.20. The van der Waals surface area contributed by atoms with Crippen LogP contribution in [0.25, 0.3) is 16.7 Å². The van der Waals surface area contributed by atoms with E-state index >= 15 is 0 Å². The van der Waals surface area contributed by atoms with Crippen molar-refractivity contribution in [3.63, 3.8) is 0 Å². The summed E-state index contributed by atoms with van der Waals surface area (Å²) in [4.78, 5) is 52.1. The van der Waals surface area contributed by atoms with Crippen LogP contribution in [-0.4, -0.2) is 37.1 Å². The second-order valence-electron chi connectivity index (χ2n) is 9.47. The number of fused-ring (bicyclic) bond motifs is 3. The first-order valence-electron chi connectivity index (χ1n) is 12.6. The number of nitrogens with zero attached hydrogens (tertiary/aromatic N) is 4. The zero-order valence-electron chi connectivity index (χ0n) is 21.6. The van der Waals surface area contributed by atoms with Crippen LogP contribution in [0.5, 0.6) is 0 Å². The molecule has 2 amide bonds. The lowest BCUT2D eigenvalue weighted by Crippen LogP contribution is -2.30. The predicted molar refractivity (Wildman–Crippen MR) is 143 cm³/mol. The van der Waals surface area contributed by atoms with Gasteiger partial charge in [0, 0.05) is 24.3 Å². The van der Waals surface area contributed by atoms with E-state index in [-0.39, 0.29) is 35.2 Å². The summed E-state index contributed by atoms with van der Waals surface area (Å²) < 4.78 is 3.77. The lowest BCUT2D eigenvalue weighted by atomic mass is 10.1. The Morgan fingerprint density at radius 3 is 2.41 bits per heavy atom. The number of hydrogen-bond donors (Lipinski definition) is 2. The smallest absolute Gasteiger partial charge is 0.352 e. The number of hydrogen-bond acceptors (Lipinski definition) is 5. The van der Waals surface area contributed by atoms with E-state index in [9.17, 15) is 19.2 Å². The van der Waals surface area contributed by atoms with Gasteiger partial charge in [-0.1, -0.05) is 39.8 Å². The molecule has 2 aromatic heterocycles. The number of benzene rings is 2. The molecular formula is C27H32N6O4. The molecule has 10 nitrogen and oxygen atoms in total. The average molecular weight is 505 g/mol. The highest BCUT2D eigenvalue weighted by Crippen LogP contribution is 2.15. The monoisotopic (exact) mass is 504 g/mol. The highest BCUT2D eigenvalue weighted by molar-refractivity contribution is 5.98. The van der Waals surface area contributed by atoms with Crippen molar-refractivity contribution in [2.75, 3.05) is 11.9 Å². The van der Waals surface area contributed by atoms with E-state index in [1.54, 1.807) is 12.1 Å². The van der Waals surface area contributed by atoms with Crippen molar-refractivity contribution in [3.05, 3.63) is 74.4 Å². The molecule has 0 spiro atoms. The van der Waals surface area contributed by atoms with Gasteiger partial charge in [0.2, 0.25) is 11.7 Å². The first-order valence-corrected chi connectivity index (χ1v) is 12.6. The predicted octanol–water partition coefficient (Wildman–Crippen LogP) is 2.81. The van der Waals surface area contributed by atoms with Gasteiger partial charge in [-0.25, -0.2) is 13.9 Å². The number of amides is 2. The molecule has 4 rings (SSSR count). The Hall–Kier alpha value is -4.21. The molecule has 0 radical (unpaired) electrons. The summed E-state index contributed by atoms with van der Waals surface area (Å²) in [6, 6.07) is 12.1. The third kappa shape index (κ3) is 5.32. The zero-order chi connectivity index (χ0) is 26.7. The minimum Gasteiger partial charge on any atom is -0.352 e. The lowest BCUT2D eigenvalue weighted by molar-refractivity contribution is -0.117. The molecule has 0 aliphatic carbocycles. The van der Waals surface area contributed by atoms with E-state index in [2.05, 4.69) is 15.7 Å². The summed E-state index contributed by atoms with van der Waals surface area (Å²) in [5.41, 5.74) is 1.49. The van der Waals surface area contributed by atoms with Crippen LogP contribution in [0.4, 0.5) is 5.69 Å². The Balaban J connectivity index is 1.77. The van der Waals surface area contributed by atoms with Gasteiger partial charge in [0.25, 0.3) is 11.5 Å². The fourth-order valence-corrected chi connectivity index (χ4v) is 4.14. The molecule has 0 aliphatic rings. The second kappa shape index (κ2) is 10.8. The molecule has 2 N–H and O–H groups in total. The molecule has 0 aliphatic heterocycles. The Kier molecular flexibility index (Phi) is 7.56. The Bertz CT molecular complexity index is 1580. The minimum absolute atomic E-state index is 0.129. The lowest BCUT2D eigenvalue weighted by Gasteiger charge is -2.11. The zero-order valence-corrected chi connectivity index (χ0v) is 21.6. The van der Waals surface area contributed by atoms with E-state index in [0.29, 0.717) is 36.1 Å². The highest BCUT2D eigenvalue weighted by atomic mass is 16.2. The van der Waals surface area contributed by atoms with Gasteiger partial charge in [-0.15, -0.1) is 5.10 Å². The molecule has 0 bridgehead atoms. The van der Waals surface area contributed by atoms with Gasteiger partial charge in [-0.3, -0.25) is 19.0 Å². The standard InChI is InChI=1S/C27H32N6O4/c1-5-13-31-25(36)21-12-9-19(24(35)28-15-17(3)4)14-22(21)33-26(31)30-32(27(33)37)16-23(34)29-20-10-7-18(6-2)8-11-20/h7-12,14,17H,5-6,13,15-16H2,1-4H3,(H,28,35)(H,29,34). The topological polar surface area (TPSA) is 120 Å². The van der Waals surface area contributed by atoms with Crippen LogP contribution in [0, 0.1) is 5.92 Å². The van der Waals surface area contributed by atoms with E-state index in [0.717, 1.165) is 16.7 Å². The number of aromatic nitrogens is 4. The SMILES string of the molecule is CCCn1c(=O)c2ccc(C(=O)NCC(C)C)cc2n2c(=O)n(CC(=O)Nc3ccc(CC)cc3)nc12. The van der Waals surface area contributed by atoms with Gasteiger partial charge < -0.3 is 10.6 Å². The van der Waals surface area contributed by atoms with Crippen LogP contribution in [0.2, 0.25) is 0 Å². The van der Waals surface area contributed by atoms with E-state index < -0.39 is 11.6 Å². The first kappa shape index (κ1) is 25.9. The summed E-state index contributed by atoms with van der Waals surface area (Å²) in [7, 11) is 0. The normalized spacial score (nSPS) is 11.4. The van der Waals surface area contributed by atoms with Crippen LogP contribution >= 0.6 is 0 Å². The van der Waals surface area contributed by atoms with Crippen LogP contribution in [-0.2, 0) is 24.3 Å². The Labute approximate surface area is 213 Å². The summed E-state index contributed by atoms with van der Waals surface area (Å²) in [6.45, 7) is 8.47. The van der Waals surface area contributed by atoms with Crippen molar-refractivity contribution >= 4 is 34.2 Å². The van der Waals surface area contributed by atoms with Gasteiger partial charge in [-0.2, -0.15) is 0 Å². The van der Waals surface area contributed by atoms with Gasteiger partial charge >= 0.3 is 5.69 Å². The van der Waals surface area contributed by atoms with Crippen molar-refractivity contribution in [1.82, 2.24) is 24.1 Å². The molecule has 194 valence electrons. The summed E-state index contributed by atoms with van der Waals surface area (Å²) in [5, 5.41) is 10.3. The van der Waals surface area contributed by atoms with Crippen molar-refractivity contribution in [2.45, 2.75) is 53.6 Å². The van der Waals surface area contributed by atoms with Crippen molar-refractivity contribution in [1.29, 1.82) is 0 Å². The largest absolute Gasteiger partial charge is 0.352 e. The summed E-state index contributed by atoms with van der Waals surface area (Å²) in [5.74, 6) is -0.314. The van der Waals surface area contributed by atoms with Crippen molar-refractivity contribution < 1.29 is 9.59 Å². The third-order valence-corrected chi connectivity index (χ3v) is 6.10. The molecule has 4 aromatic rings. The fourth-order valence-electron chi connectivity index (χ4n) is 4.14. The number of carbonyl (C=O) groups excluding carboxylic acids is 2. The number of carbonyl (C=O) groups is 2. The fraction of sp³-hybridized carbons (Fsp3) is 0.370. The van der Waals surface area contributed by atoms with Crippen LogP contribution in [0.1, 0.15) is 50.0 Å². The molecular weight excluding hydrogens is 472 g/mol. The highest BCUT2D eigenvalue weighted by Gasteiger charge is 2.20. The minimum atomic E-state index is -0.568. The third-order valence-electron chi connectivity index (χ3n) is 6.10. The van der Waals surface area contributed by atoms with Crippen molar-refractivity contribution in [3.8, 4) is 0 Å². The van der Waals surface area contributed by atoms with E-state index in [1.165, 1.54) is 15.0 Å². The molecule has 0 fully saturated rings. The molecule has 0 unspecified atom stereocenters. The first-order chi connectivity index (χ1) is 17.7. The second-order valence-corrected chi connectivity index (χ2v) is 9.47. The van der Waals surface area contributed by atoms with Gasteiger partial charge in [-0.05, 0) is 54.7 Å². The Morgan fingerprint density at radius 2 is 1.76 bits per heavy atom. The molecule has 10 heteroatoms. The van der Waals surface area contributed by atoms with E-state index in [4.69, 9.17) is 0 Å². The summed E-state index contributed by atoms with van der Waals surface area (Å²) in [6.07, 6.45) is 1.53. The van der Waals surface area contributed by atoms with Crippen LogP contribution in [0.15, 0.2) is 52.1 Å². The molecule has 2 aromatic carbocycles. The maximum Gasteiger partial charge on any atom is 0.352 e. The number of nitrogens with one attached hydrogen (secondary N) is 2. The number of anilines is 1. The molecule has 37 heavy (non-hydrogen) atoms. The Morgan fingerprint density at radius 1 is 1.03 bits per heavy atom. The van der Waals surface area contributed by atoms with Crippen LogP contribution < -0.4 is 21.9 Å². The molecule has 0 saturated heterocycles. The van der Waals surface area contributed by atoms with Gasteiger partial charge in [0.1, 0.15) is 6.54 Å². The number of aryl methyl sites for hydroxylation is 2. The molecule has 2 heterocycles. The van der Waals surface area contributed by atoms with Crippen molar-refractivity contribution in [2.24, 2.45) is 5.92 Å². The maximum absolute atomic E-state index is 13.4.